The van der Waals surface area contributed by atoms with Gasteiger partial charge in [-0.15, -0.1) is 11.8 Å². The molecule has 0 saturated carbocycles. The van der Waals surface area contributed by atoms with Crippen molar-refractivity contribution in [1.82, 2.24) is 5.32 Å². The Balaban J connectivity index is 1.96. The second-order valence-electron chi connectivity index (χ2n) is 4.47. The number of ether oxygens (including phenoxy) is 1. The zero-order valence-corrected chi connectivity index (χ0v) is 11.2. The van der Waals surface area contributed by atoms with Crippen molar-refractivity contribution in [3.05, 3.63) is 35.6 Å². The van der Waals surface area contributed by atoms with Crippen LogP contribution in [0.5, 0.6) is 0 Å². The Kier molecular flexibility index (Phi) is 4.24. The van der Waals surface area contributed by atoms with Gasteiger partial charge in [0.2, 0.25) is 0 Å². The maximum absolute atomic E-state index is 12.8. The lowest BCUT2D eigenvalue weighted by Gasteiger charge is -2.14. The molecule has 1 aliphatic rings. The van der Waals surface area contributed by atoms with Gasteiger partial charge in [-0.2, -0.15) is 0 Å². The SMILES string of the molecule is CC(C)OC(=O)[C@@H]1CS[C@H](c2ccc(F)cc2)N1. The summed E-state index contributed by atoms with van der Waals surface area (Å²) in [6.45, 7) is 3.66. The van der Waals surface area contributed by atoms with Crippen LogP contribution in [0.4, 0.5) is 4.39 Å². The van der Waals surface area contributed by atoms with Gasteiger partial charge < -0.3 is 4.74 Å². The molecule has 1 aromatic rings. The smallest absolute Gasteiger partial charge is 0.324 e. The first-order chi connectivity index (χ1) is 8.56. The minimum atomic E-state index is -0.285. The first-order valence-electron chi connectivity index (χ1n) is 5.90. The molecule has 5 heteroatoms. The summed E-state index contributed by atoms with van der Waals surface area (Å²) < 4.78 is 18.0. The number of carbonyl (C=O) groups is 1. The number of carbonyl (C=O) groups excluding carboxylic acids is 1. The molecule has 0 radical (unpaired) electrons. The lowest BCUT2D eigenvalue weighted by atomic mass is 10.2. The molecule has 98 valence electrons. The number of hydrogen-bond acceptors (Lipinski definition) is 4. The molecule has 1 aromatic carbocycles. The van der Waals surface area contributed by atoms with Crippen molar-refractivity contribution in [3.8, 4) is 0 Å². The molecule has 0 spiro atoms. The Morgan fingerprint density at radius 1 is 1.44 bits per heavy atom. The lowest BCUT2D eigenvalue weighted by Crippen LogP contribution is -2.36. The first-order valence-corrected chi connectivity index (χ1v) is 6.95. The van der Waals surface area contributed by atoms with E-state index in [1.165, 1.54) is 12.1 Å². The Morgan fingerprint density at radius 2 is 2.11 bits per heavy atom. The number of esters is 1. The maximum Gasteiger partial charge on any atom is 0.324 e. The van der Waals surface area contributed by atoms with Gasteiger partial charge in [-0.3, -0.25) is 10.1 Å². The molecule has 0 bridgehead atoms. The highest BCUT2D eigenvalue weighted by molar-refractivity contribution is 7.99. The third-order valence-electron chi connectivity index (χ3n) is 2.59. The quantitative estimate of drug-likeness (QED) is 0.856. The summed E-state index contributed by atoms with van der Waals surface area (Å²) in [6, 6.07) is 6.04. The number of thioether (sulfide) groups is 1. The minimum absolute atomic E-state index is 0.0234. The van der Waals surface area contributed by atoms with E-state index in [1.54, 1.807) is 23.9 Å². The molecule has 0 amide bonds. The van der Waals surface area contributed by atoms with Crippen LogP contribution in [-0.4, -0.2) is 23.9 Å². The van der Waals surface area contributed by atoms with Gasteiger partial charge in [0, 0.05) is 5.75 Å². The fraction of sp³-hybridized carbons (Fsp3) is 0.462. The Morgan fingerprint density at radius 3 is 2.72 bits per heavy atom. The predicted molar refractivity (Wildman–Crippen MR) is 69.8 cm³/mol. The average molecular weight is 269 g/mol. The summed E-state index contributed by atoms with van der Waals surface area (Å²) in [5.41, 5.74) is 0.973. The summed E-state index contributed by atoms with van der Waals surface area (Å²) in [5, 5.41) is 3.22. The van der Waals surface area contributed by atoms with Crippen LogP contribution in [0.1, 0.15) is 24.8 Å². The molecule has 2 atom stereocenters. The van der Waals surface area contributed by atoms with E-state index in [1.807, 2.05) is 13.8 Å². The number of hydrogen-bond donors (Lipinski definition) is 1. The van der Waals surface area contributed by atoms with Crippen molar-refractivity contribution < 1.29 is 13.9 Å². The van der Waals surface area contributed by atoms with Crippen LogP contribution in [0.3, 0.4) is 0 Å². The molecule has 18 heavy (non-hydrogen) atoms. The largest absolute Gasteiger partial charge is 0.462 e. The Bertz CT molecular complexity index is 422. The number of halogens is 1. The van der Waals surface area contributed by atoms with Crippen LogP contribution in [0, 0.1) is 5.82 Å². The van der Waals surface area contributed by atoms with Gasteiger partial charge in [0.15, 0.2) is 0 Å². The zero-order valence-electron chi connectivity index (χ0n) is 10.4. The molecular formula is C13H16FNO2S. The molecule has 3 nitrogen and oxygen atoms in total. The molecule has 1 aliphatic heterocycles. The van der Waals surface area contributed by atoms with Crippen LogP contribution in [-0.2, 0) is 9.53 Å². The van der Waals surface area contributed by atoms with Crippen LogP contribution >= 0.6 is 11.8 Å². The second-order valence-corrected chi connectivity index (χ2v) is 5.61. The normalized spacial score (nSPS) is 23.3. The highest BCUT2D eigenvalue weighted by Crippen LogP contribution is 2.33. The minimum Gasteiger partial charge on any atom is -0.462 e. The lowest BCUT2D eigenvalue weighted by molar-refractivity contribution is -0.149. The molecule has 1 fully saturated rings. The molecular weight excluding hydrogens is 253 g/mol. The van der Waals surface area contributed by atoms with E-state index < -0.39 is 0 Å². The van der Waals surface area contributed by atoms with E-state index in [0.717, 1.165) is 5.56 Å². The van der Waals surface area contributed by atoms with Crippen molar-refractivity contribution in [2.75, 3.05) is 5.75 Å². The zero-order chi connectivity index (χ0) is 13.1. The van der Waals surface area contributed by atoms with Gasteiger partial charge in [0.1, 0.15) is 11.9 Å². The number of benzene rings is 1. The Hall–Kier alpha value is -1.07. The highest BCUT2D eigenvalue weighted by atomic mass is 32.2. The third-order valence-corrected chi connectivity index (χ3v) is 3.86. The van der Waals surface area contributed by atoms with Gasteiger partial charge in [-0.05, 0) is 31.5 Å². The monoisotopic (exact) mass is 269 g/mol. The van der Waals surface area contributed by atoms with E-state index in [0.29, 0.717) is 5.75 Å². The molecule has 1 heterocycles. The molecule has 1 saturated heterocycles. The van der Waals surface area contributed by atoms with Gasteiger partial charge in [-0.1, -0.05) is 12.1 Å². The number of nitrogens with one attached hydrogen (secondary N) is 1. The van der Waals surface area contributed by atoms with Crippen molar-refractivity contribution in [1.29, 1.82) is 0 Å². The molecule has 0 unspecified atom stereocenters. The maximum atomic E-state index is 12.8. The van der Waals surface area contributed by atoms with Crippen LogP contribution < -0.4 is 5.32 Å². The topological polar surface area (TPSA) is 38.3 Å². The highest BCUT2D eigenvalue weighted by Gasteiger charge is 2.31. The van der Waals surface area contributed by atoms with E-state index in [-0.39, 0.29) is 29.3 Å². The van der Waals surface area contributed by atoms with Crippen LogP contribution in [0.15, 0.2) is 24.3 Å². The van der Waals surface area contributed by atoms with Crippen LogP contribution in [0.25, 0.3) is 0 Å². The number of rotatable bonds is 3. The van der Waals surface area contributed by atoms with E-state index in [9.17, 15) is 9.18 Å². The van der Waals surface area contributed by atoms with Crippen molar-refractivity contribution >= 4 is 17.7 Å². The summed E-state index contributed by atoms with van der Waals surface area (Å²) in [6.07, 6.45) is -0.103. The standard InChI is InChI=1S/C13H16FNO2S/c1-8(2)17-13(16)11-7-18-12(15-11)9-3-5-10(14)6-4-9/h3-6,8,11-12,15H,7H2,1-2H3/t11-,12+/m0/s1. The van der Waals surface area contributed by atoms with Gasteiger partial charge in [-0.25, -0.2) is 4.39 Å². The van der Waals surface area contributed by atoms with E-state index in [4.69, 9.17) is 4.74 Å². The van der Waals surface area contributed by atoms with Gasteiger partial charge in [0.05, 0.1) is 11.5 Å². The average Bonchev–Trinajstić information content (AvgIpc) is 2.78. The van der Waals surface area contributed by atoms with Gasteiger partial charge >= 0.3 is 5.97 Å². The second kappa shape index (κ2) is 5.71. The Labute approximate surface area is 110 Å². The fourth-order valence-corrected chi connectivity index (χ4v) is 2.98. The molecule has 1 N–H and O–H groups in total. The van der Waals surface area contributed by atoms with Crippen molar-refractivity contribution in [2.24, 2.45) is 0 Å². The van der Waals surface area contributed by atoms with Crippen molar-refractivity contribution in [2.45, 2.75) is 31.4 Å². The molecule has 2 rings (SSSR count). The molecule has 0 aliphatic carbocycles. The summed E-state index contributed by atoms with van der Waals surface area (Å²) >= 11 is 1.63. The fourth-order valence-electron chi connectivity index (χ4n) is 1.75. The van der Waals surface area contributed by atoms with Crippen LogP contribution in [0.2, 0.25) is 0 Å². The van der Waals surface area contributed by atoms with E-state index >= 15 is 0 Å². The van der Waals surface area contributed by atoms with Crippen molar-refractivity contribution in [3.63, 3.8) is 0 Å². The molecule has 0 aromatic heterocycles. The van der Waals surface area contributed by atoms with Gasteiger partial charge in [0.25, 0.3) is 0 Å². The summed E-state index contributed by atoms with van der Waals surface area (Å²) in [7, 11) is 0. The predicted octanol–water partition coefficient (Wildman–Crippen LogP) is 2.48. The summed E-state index contributed by atoms with van der Waals surface area (Å²) in [5.74, 6) is 0.202. The third kappa shape index (κ3) is 3.23. The first kappa shape index (κ1) is 13.4. The summed E-state index contributed by atoms with van der Waals surface area (Å²) in [4.78, 5) is 11.7. The van der Waals surface area contributed by atoms with E-state index in [2.05, 4.69) is 5.32 Å².